The number of amides is 1. The van der Waals surface area contributed by atoms with Crippen LogP contribution in [0, 0.1) is 13.8 Å². The van der Waals surface area contributed by atoms with Crippen molar-refractivity contribution in [2.75, 3.05) is 20.0 Å². The SMILES string of the molecule is COc1ccc(OC)c(CNC(=O)CSCc2c(C)noc2C)c1. The Bertz CT molecular complexity index is 680. The molecule has 2 aromatic rings. The molecule has 0 aliphatic heterocycles. The van der Waals surface area contributed by atoms with Crippen molar-refractivity contribution in [3.63, 3.8) is 0 Å². The molecule has 0 bridgehead atoms. The number of aromatic nitrogens is 1. The first-order valence-electron chi connectivity index (χ1n) is 7.52. The lowest BCUT2D eigenvalue weighted by atomic mass is 10.2. The van der Waals surface area contributed by atoms with Crippen LogP contribution < -0.4 is 14.8 Å². The van der Waals surface area contributed by atoms with Crippen LogP contribution in [0.1, 0.15) is 22.6 Å². The lowest BCUT2D eigenvalue weighted by Crippen LogP contribution is -2.24. The summed E-state index contributed by atoms with van der Waals surface area (Å²) >= 11 is 1.53. The van der Waals surface area contributed by atoms with Crippen molar-refractivity contribution in [3.8, 4) is 11.5 Å². The van der Waals surface area contributed by atoms with E-state index in [2.05, 4.69) is 10.5 Å². The first kappa shape index (κ1) is 18.2. The summed E-state index contributed by atoms with van der Waals surface area (Å²) in [5, 5.41) is 6.81. The van der Waals surface area contributed by atoms with Gasteiger partial charge in [0.15, 0.2) is 0 Å². The van der Waals surface area contributed by atoms with Gasteiger partial charge in [-0.25, -0.2) is 0 Å². The Labute approximate surface area is 145 Å². The zero-order chi connectivity index (χ0) is 17.5. The molecule has 0 saturated heterocycles. The van der Waals surface area contributed by atoms with Gasteiger partial charge in [-0.3, -0.25) is 4.79 Å². The Morgan fingerprint density at radius 1 is 1.29 bits per heavy atom. The Hall–Kier alpha value is -2.15. The summed E-state index contributed by atoms with van der Waals surface area (Å²) in [6, 6.07) is 5.51. The summed E-state index contributed by atoms with van der Waals surface area (Å²) < 4.78 is 15.6. The first-order valence-corrected chi connectivity index (χ1v) is 8.67. The summed E-state index contributed by atoms with van der Waals surface area (Å²) in [4.78, 5) is 12.0. The van der Waals surface area contributed by atoms with Gasteiger partial charge in [-0.2, -0.15) is 0 Å². The lowest BCUT2D eigenvalue weighted by Gasteiger charge is -2.11. The smallest absolute Gasteiger partial charge is 0.230 e. The Balaban J connectivity index is 1.83. The molecule has 1 aromatic carbocycles. The maximum Gasteiger partial charge on any atom is 0.230 e. The number of hydrogen-bond acceptors (Lipinski definition) is 6. The second-order valence-corrected chi connectivity index (χ2v) is 6.24. The fourth-order valence-electron chi connectivity index (χ4n) is 2.22. The molecule has 7 heteroatoms. The van der Waals surface area contributed by atoms with Crippen molar-refractivity contribution in [3.05, 3.63) is 40.8 Å². The molecule has 2 rings (SSSR count). The molecule has 0 fully saturated rings. The summed E-state index contributed by atoms with van der Waals surface area (Å²) in [6.45, 7) is 4.18. The molecule has 0 unspecified atom stereocenters. The van der Waals surface area contributed by atoms with Gasteiger partial charge < -0.3 is 19.3 Å². The van der Waals surface area contributed by atoms with E-state index in [1.807, 2.05) is 32.0 Å². The van der Waals surface area contributed by atoms with Gasteiger partial charge in [-0.05, 0) is 32.0 Å². The third-order valence-corrected chi connectivity index (χ3v) is 4.58. The molecule has 1 N–H and O–H groups in total. The summed E-state index contributed by atoms with van der Waals surface area (Å²) in [5.74, 6) is 3.30. The van der Waals surface area contributed by atoms with Crippen LogP contribution in [0.3, 0.4) is 0 Å². The first-order chi connectivity index (χ1) is 11.5. The van der Waals surface area contributed by atoms with E-state index in [0.29, 0.717) is 18.1 Å². The highest BCUT2D eigenvalue weighted by molar-refractivity contribution is 7.99. The predicted molar refractivity (Wildman–Crippen MR) is 93.5 cm³/mol. The van der Waals surface area contributed by atoms with Gasteiger partial charge in [-0.1, -0.05) is 5.16 Å². The van der Waals surface area contributed by atoms with Gasteiger partial charge in [0, 0.05) is 23.4 Å². The van der Waals surface area contributed by atoms with E-state index in [9.17, 15) is 4.79 Å². The number of thioether (sulfide) groups is 1. The van der Waals surface area contributed by atoms with Crippen LogP contribution in [0.5, 0.6) is 11.5 Å². The number of carbonyl (C=O) groups is 1. The minimum absolute atomic E-state index is 0.0309. The van der Waals surface area contributed by atoms with E-state index in [1.165, 1.54) is 11.8 Å². The second kappa shape index (κ2) is 8.63. The topological polar surface area (TPSA) is 73.6 Å². The zero-order valence-corrected chi connectivity index (χ0v) is 15.2. The average molecular weight is 350 g/mol. The molecule has 0 saturated carbocycles. The molecule has 0 radical (unpaired) electrons. The molecule has 0 atom stereocenters. The van der Waals surface area contributed by atoms with E-state index >= 15 is 0 Å². The molecule has 0 aliphatic carbocycles. The maximum atomic E-state index is 12.0. The van der Waals surface area contributed by atoms with E-state index in [-0.39, 0.29) is 5.91 Å². The molecule has 1 aromatic heterocycles. The van der Waals surface area contributed by atoms with Gasteiger partial charge >= 0.3 is 0 Å². The number of nitrogens with one attached hydrogen (secondary N) is 1. The highest BCUT2D eigenvalue weighted by Gasteiger charge is 2.11. The fraction of sp³-hybridized carbons (Fsp3) is 0.412. The minimum Gasteiger partial charge on any atom is -0.497 e. The molecular formula is C17H22N2O4S. The van der Waals surface area contributed by atoms with Crippen LogP contribution in [0.15, 0.2) is 22.7 Å². The van der Waals surface area contributed by atoms with Crippen molar-refractivity contribution in [1.29, 1.82) is 0 Å². The van der Waals surface area contributed by atoms with E-state index in [4.69, 9.17) is 14.0 Å². The molecule has 0 aliphatic rings. The largest absolute Gasteiger partial charge is 0.497 e. The second-order valence-electron chi connectivity index (χ2n) is 5.25. The maximum absolute atomic E-state index is 12.0. The number of methoxy groups -OCH3 is 2. The minimum atomic E-state index is -0.0309. The number of nitrogens with zero attached hydrogens (tertiary/aromatic N) is 1. The number of carbonyl (C=O) groups excluding carboxylic acids is 1. The van der Waals surface area contributed by atoms with Gasteiger partial charge in [-0.15, -0.1) is 11.8 Å². The Morgan fingerprint density at radius 2 is 2.08 bits per heavy atom. The van der Waals surface area contributed by atoms with Gasteiger partial charge in [0.05, 0.1) is 25.7 Å². The van der Waals surface area contributed by atoms with Crippen molar-refractivity contribution >= 4 is 17.7 Å². The van der Waals surface area contributed by atoms with E-state index in [0.717, 1.165) is 34.1 Å². The van der Waals surface area contributed by atoms with Crippen molar-refractivity contribution in [1.82, 2.24) is 10.5 Å². The quantitative estimate of drug-likeness (QED) is 0.789. The summed E-state index contributed by atoms with van der Waals surface area (Å²) in [6.07, 6.45) is 0. The molecule has 130 valence electrons. The van der Waals surface area contributed by atoms with Crippen molar-refractivity contribution < 1.29 is 18.8 Å². The molecule has 0 spiro atoms. The lowest BCUT2D eigenvalue weighted by molar-refractivity contribution is -0.118. The van der Waals surface area contributed by atoms with Gasteiger partial charge in [0.25, 0.3) is 0 Å². The monoisotopic (exact) mass is 350 g/mol. The highest BCUT2D eigenvalue weighted by Crippen LogP contribution is 2.24. The molecule has 1 amide bonds. The van der Waals surface area contributed by atoms with Gasteiger partial charge in [0.1, 0.15) is 17.3 Å². The number of hydrogen-bond donors (Lipinski definition) is 1. The third kappa shape index (κ3) is 4.67. The van der Waals surface area contributed by atoms with Crippen LogP contribution in [-0.4, -0.2) is 31.0 Å². The van der Waals surface area contributed by atoms with E-state index in [1.54, 1.807) is 14.2 Å². The number of rotatable bonds is 8. The van der Waals surface area contributed by atoms with Crippen LogP contribution >= 0.6 is 11.8 Å². The van der Waals surface area contributed by atoms with Crippen LogP contribution in [0.4, 0.5) is 0 Å². The normalized spacial score (nSPS) is 10.5. The van der Waals surface area contributed by atoms with Gasteiger partial charge in [0.2, 0.25) is 5.91 Å². The Morgan fingerprint density at radius 3 is 2.71 bits per heavy atom. The highest BCUT2D eigenvalue weighted by atomic mass is 32.2. The molecule has 1 heterocycles. The van der Waals surface area contributed by atoms with Crippen LogP contribution in [-0.2, 0) is 17.1 Å². The van der Waals surface area contributed by atoms with Crippen molar-refractivity contribution in [2.24, 2.45) is 0 Å². The number of aryl methyl sites for hydroxylation is 2. The van der Waals surface area contributed by atoms with E-state index < -0.39 is 0 Å². The van der Waals surface area contributed by atoms with Crippen molar-refractivity contribution in [2.45, 2.75) is 26.1 Å². The Kier molecular flexibility index (Phi) is 6.54. The number of ether oxygens (including phenoxy) is 2. The molecule has 6 nitrogen and oxygen atoms in total. The van der Waals surface area contributed by atoms with Crippen LogP contribution in [0.25, 0.3) is 0 Å². The zero-order valence-electron chi connectivity index (χ0n) is 14.3. The fourth-order valence-corrected chi connectivity index (χ4v) is 3.22. The molecular weight excluding hydrogens is 328 g/mol. The summed E-state index contributed by atoms with van der Waals surface area (Å²) in [5.41, 5.74) is 2.81. The summed E-state index contributed by atoms with van der Waals surface area (Å²) in [7, 11) is 3.21. The average Bonchev–Trinajstić information content (AvgIpc) is 2.91. The van der Waals surface area contributed by atoms with Crippen LogP contribution in [0.2, 0.25) is 0 Å². The third-order valence-electron chi connectivity index (χ3n) is 3.62. The predicted octanol–water partition coefficient (Wildman–Crippen LogP) is 2.86. The standard InChI is InChI=1S/C17H22N2O4S/c1-11-15(12(2)23-19-11)9-24-10-17(20)18-8-13-7-14(21-3)5-6-16(13)22-4/h5-7H,8-10H2,1-4H3,(H,18,20). The number of benzene rings is 1. The molecule has 24 heavy (non-hydrogen) atoms.